The van der Waals surface area contributed by atoms with E-state index in [9.17, 15) is 0 Å². The summed E-state index contributed by atoms with van der Waals surface area (Å²) >= 11 is 28.4. The number of hydrogen-bond acceptors (Lipinski definition) is 15. The zero-order valence-corrected chi connectivity index (χ0v) is 99.2. The van der Waals surface area contributed by atoms with Crippen LogP contribution in [0.4, 0.5) is 0 Å². The van der Waals surface area contributed by atoms with Gasteiger partial charge in [0.2, 0.25) is 0 Å². The van der Waals surface area contributed by atoms with Crippen LogP contribution in [0.1, 0.15) is 359 Å². The SMILES string of the molecule is CCCCCCc1ccc(-c2cc(-c3cc(-c4c[c]([Sn]([CH2]CCC)([CH2]CCC)[CH2]CCC)sc4-c4cc(-c5cc(-c6ccc(CCCCCC)s6)c(-c6ccc(CCCCCC)s6)s5)c(-c5cc(-c6ccc(CCCCCC)s6)c(-c6ccc(CCCCCC)s6)s5)s4)sc3-c3cc(-c4ccc(CCCCCC)s4)c(-c4ccc(CCCCCC)s4)s3)sc2-c2ccc(CCCCCC)s2)s1. The fourth-order valence-corrected chi connectivity index (χ4v) is 56.7. The summed E-state index contributed by atoms with van der Waals surface area (Å²) in [6.45, 7) is 26.3. The van der Waals surface area contributed by atoms with Gasteiger partial charge in [-0.05, 0) is 103 Å². The molecule has 0 amide bonds. The molecule has 0 aliphatic heterocycles. The van der Waals surface area contributed by atoms with Gasteiger partial charge in [0.15, 0.2) is 0 Å². The van der Waals surface area contributed by atoms with Gasteiger partial charge in [0.1, 0.15) is 0 Å². The summed E-state index contributed by atoms with van der Waals surface area (Å²) in [5, 5.41) is 0. The molecule has 0 fully saturated rings. The molecule has 0 N–H and O–H groups in total. The van der Waals surface area contributed by atoms with Crippen molar-refractivity contribution in [3.63, 3.8) is 0 Å². The molecule has 0 aliphatic carbocycles. The summed E-state index contributed by atoms with van der Waals surface area (Å²) < 4.78 is 6.15. The summed E-state index contributed by atoms with van der Waals surface area (Å²) in [6.07, 6.45) is 58.1. The van der Waals surface area contributed by atoms with E-state index >= 15 is 0 Å². The third-order valence-corrected chi connectivity index (χ3v) is 64.4. The Labute approximate surface area is 885 Å². The van der Waals surface area contributed by atoms with Gasteiger partial charge in [0.25, 0.3) is 0 Å². The molecule has 0 atom stereocenters. The van der Waals surface area contributed by atoms with E-state index in [1.54, 1.807) is 0 Å². The van der Waals surface area contributed by atoms with Gasteiger partial charge in [-0.1, -0.05) is 209 Å². The van der Waals surface area contributed by atoms with Crippen LogP contribution in [0, 0.1) is 0 Å². The molecule has 0 saturated heterocycles. The minimum absolute atomic E-state index is 1.16. The molecule has 15 heterocycles. The predicted molar refractivity (Wildman–Crippen MR) is 638 cm³/mol. The van der Waals surface area contributed by atoms with Gasteiger partial charge in [-0.3, -0.25) is 0 Å². The van der Waals surface area contributed by atoms with Crippen LogP contribution in [-0.4, -0.2) is 18.4 Å². The maximum atomic E-state index is 2.96. The van der Waals surface area contributed by atoms with Crippen molar-refractivity contribution < 1.29 is 0 Å². The first kappa shape index (κ1) is 107. The van der Waals surface area contributed by atoms with Gasteiger partial charge in [0, 0.05) is 0 Å². The normalized spacial score (nSPS) is 12.1. The van der Waals surface area contributed by atoms with E-state index in [1.807, 2.05) is 2.89 Å². The molecule has 15 aromatic rings. The van der Waals surface area contributed by atoms with Crippen molar-refractivity contribution in [1.82, 2.24) is 0 Å². The van der Waals surface area contributed by atoms with Crippen LogP contribution < -0.4 is 2.89 Å². The molecule has 15 aromatic heterocycles. The molecule has 15 rings (SSSR count). The van der Waals surface area contributed by atoms with Crippen LogP contribution in [0.3, 0.4) is 0 Å². The van der Waals surface area contributed by atoms with E-state index in [2.05, 4.69) is 386 Å². The number of rotatable bonds is 64. The van der Waals surface area contributed by atoms with E-state index < -0.39 is 18.4 Å². The third-order valence-electron chi connectivity index (χ3n) is 27.6. The first-order valence-corrected chi connectivity index (χ1v) is 73.3. The fraction of sp³-hybridized carbons (Fsp3) is 0.500. The molecule has 136 heavy (non-hydrogen) atoms. The zero-order chi connectivity index (χ0) is 94.4. The second kappa shape index (κ2) is 55.6. The van der Waals surface area contributed by atoms with Gasteiger partial charge in [-0.15, -0.1) is 0 Å². The van der Waals surface area contributed by atoms with Crippen LogP contribution in [0.2, 0.25) is 13.3 Å². The minimum atomic E-state index is -3.27. The Bertz CT molecular complexity index is 5060. The Morgan fingerprint density at radius 1 is 0.147 bits per heavy atom. The standard InChI is InChI=1S/C108H127S15.3C4H9.Sn/c1-9-17-25-33-41-73-49-57-88(110-73)82-67-97(119-103(82)92-61-53-77(114-92)45-37-29-21-13-5)86-69-96(118-107(86)100-70-84(90-59-51-75(112-90)43-35-27-19-11-3)105(122-100)94-63-55-79(116-94)47-39-31-23-15-7)81-65-66-109-102(81)99-72-87(98-68-83(89-58-50-74(111-89)42-34-26-18-10-2)104(120-98)93-62-54-78(115-93)46-38-30-22-14-6)108(121-99)101-71-85(91-60-52-76(113-91)44-36-28-20-12-4)106(123-101)95-64-56-80(117-95)48-40-32-24-16-8;3*1-3-4-2;/h49-65,67-72H,9-48H2,1-8H3;3*1,3-4H2,2H3;. The zero-order valence-electron chi connectivity index (χ0n) is 84.1. The van der Waals surface area contributed by atoms with Crippen molar-refractivity contribution in [2.75, 3.05) is 0 Å². The van der Waals surface area contributed by atoms with E-state index in [4.69, 9.17) is 0 Å². The quantitative estimate of drug-likeness (QED) is 0.0263. The van der Waals surface area contributed by atoms with Crippen molar-refractivity contribution in [3.05, 3.63) is 179 Å². The van der Waals surface area contributed by atoms with Crippen molar-refractivity contribution in [3.8, 4) is 141 Å². The Hall–Kier alpha value is -3.70. The Balaban J connectivity index is 0.996. The van der Waals surface area contributed by atoms with Gasteiger partial charge in [0.05, 0.1) is 0 Å². The van der Waals surface area contributed by atoms with Crippen LogP contribution in [0.15, 0.2) is 140 Å². The molecule has 16 heteroatoms. The Morgan fingerprint density at radius 2 is 0.316 bits per heavy atom. The molecule has 0 aromatic carbocycles. The number of thiophene rings is 15. The van der Waals surface area contributed by atoms with Gasteiger partial charge in [-0.2, -0.15) is 0 Å². The summed E-state index contributed by atoms with van der Waals surface area (Å²) in [6, 6.07) is 59.6. The van der Waals surface area contributed by atoms with E-state index in [0.717, 1.165) is 51.4 Å². The molecule has 0 radical (unpaired) electrons. The summed E-state index contributed by atoms with van der Waals surface area (Å²) in [7, 11) is 0. The van der Waals surface area contributed by atoms with Crippen LogP contribution in [-0.2, 0) is 51.4 Å². The maximum absolute atomic E-state index is 3.27. The Kier molecular flexibility index (Phi) is 43.5. The third kappa shape index (κ3) is 28.3. The average molecular weight is 2200 g/mol. The molecular weight excluding hydrogens is 2040 g/mol. The molecule has 0 bridgehead atoms. The van der Waals surface area contributed by atoms with E-state index in [1.165, 1.54) is 438 Å². The topological polar surface area (TPSA) is 0 Å². The van der Waals surface area contributed by atoms with Gasteiger partial charge >= 0.3 is 584 Å². The van der Waals surface area contributed by atoms with Crippen LogP contribution in [0.5, 0.6) is 0 Å². The predicted octanol–water partition coefficient (Wildman–Crippen LogP) is 47.0. The number of aryl methyl sites for hydroxylation is 8. The molecule has 728 valence electrons. The number of hydrogen-bond donors (Lipinski definition) is 0. The van der Waals surface area contributed by atoms with Crippen molar-refractivity contribution in [2.24, 2.45) is 0 Å². The van der Waals surface area contributed by atoms with Crippen LogP contribution >= 0.6 is 170 Å². The molecule has 0 saturated carbocycles. The first-order valence-electron chi connectivity index (χ1n) is 53.6. The number of unbranched alkanes of at least 4 members (excludes halogenated alkanes) is 27. The monoisotopic (exact) mass is 2190 g/mol. The second-order valence-corrected chi connectivity index (χ2v) is 69.6. The van der Waals surface area contributed by atoms with Crippen molar-refractivity contribution in [2.45, 2.75) is 385 Å². The average Bonchev–Trinajstić information content (AvgIpc) is 1.57. The fourth-order valence-electron chi connectivity index (χ4n) is 19.6. The first-order chi connectivity index (χ1) is 66.9. The van der Waals surface area contributed by atoms with Gasteiger partial charge < -0.3 is 0 Å². The summed E-state index contributed by atoms with van der Waals surface area (Å²) in [5.74, 6) is 0. The molecule has 0 aliphatic rings. The summed E-state index contributed by atoms with van der Waals surface area (Å²) in [4.78, 5) is 42.5. The van der Waals surface area contributed by atoms with E-state index in [0.29, 0.717) is 0 Å². The van der Waals surface area contributed by atoms with Crippen molar-refractivity contribution in [1.29, 1.82) is 0 Å². The molecular formula is C120H154S15Sn. The summed E-state index contributed by atoms with van der Waals surface area (Å²) in [5.41, 5.74) is 10.1. The van der Waals surface area contributed by atoms with E-state index in [-0.39, 0.29) is 0 Å². The molecule has 0 nitrogen and oxygen atoms in total. The molecule has 0 unspecified atom stereocenters. The molecule has 0 spiro atoms. The van der Waals surface area contributed by atoms with Gasteiger partial charge in [-0.25, -0.2) is 0 Å². The van der Waals surface area contributed by atoms with Crippen molar-refractivity contribution >= 4 is 191 Å². The van der Waals surface area contributed by atoms with Crippen LogP contribution in [0.25, 0.3) is 141 Å². The second-order valence-electron chi connectivity index (χ2n) is 38.7. The Morgan fingerprint density at radius 3 is 0.537 bits per heavy atom.